The van der Waals surface area contributed by atoms with Gasteiger partial charge < -0.3 is 25.0 Å². The van der Waals surface area contributed by atoms with Gasteiger partial charge in [-0.15, -0.1) is 0 Å². The number of benzene rings is 1. The standard InChI is InChI=1S/C20H36N4O2/c1-6-21-20(22-11-13-24(4)12-8-14-25-5)23-16-18-9-7-10-19(15-18)26-17(2)3/h7,9-10,15,17H,6,8,11-14,16H2,1-5H3,(H2,21,22,23). The van der Waals surface area contributed by atoms with Crippen LogP contribution >= 0.6 is 0 Å². The van der Waals surface area contributed by atoms with Gasteiger partial charge in [-0.1, -0.05) is 12.1 Å². The van der Waals surface area contributed by atoms with Gasteiger partial charge in [0.25, 0.3) is 0 Å². The van der Waals surface area contributed by atoms with Crippen LogP contribution in [0, 0.1) is 0 Å². The second kappa shape index (κ2) is 13.4. The molecule has 0 spiro atoms. The first-order valence-electron chi connectivity index (χ1n) is 9.50. The van der Waals surface area contributed by atoms with E-state index in [1.54, 1.807) is 7.11 Å². The van der Waals surface area contributed by atoms with Crippen LogP contribution in [0.4, 0.5) is 0 Å². The van der Waals surface area contributed by atoms with E-state index in [1.165, 1.54) is 0 Å². The van der Waals surface area contributed by atoms with Gasteiger partial charge in [0.2, 0.25) is 0 Å². The predicted molar refractivity (Wildman–Crippen MR) is 109 cm³/mol. The Hall–Kier alpha value is -1.79. The average Bonchev–Trinajstić information content (AvgIpc) is 2.59. The maximum atomic E-state index is 5.75. The highest BCUT2D eigenvalue weighted by molar-refractivity contribution is 5.79. The Kier molecular flexibility index (Phi) is 11.5. The van der Waals surface area contributed by atoms with E-state index in [1.807, 2.05) is 26.0 Å². The molecule has 1 rings (SSSR count). The number of likely N-dealkylation sites (N-methyl/N-ethyl adjacent to an activating group) is 1. The van der Waals surface area contributed by atoms with Crippen molar-refractivity contribution < 1.29 is 9.47 Å². The largest absolute Gasteiger partial charge is 0.491 e. The second-order valence-corrected chi connectivity index (χ2v) is 6.59. The lowest BCUT2D eigenvalue weighted by atomic mass is 10.2. The number of hydrogen-bond acceptors (Lipinski definition) is 4. The maximum Gasteiger partial charge on any atom is 0.191 e. The number of nitrogens with one attached hydrogen (secondary N) is 2. The van der Waals surface area contributed by atoms with Gasteiger partial charge in [0.05, 0.1) is 12.6 Å². The molecule has 0 radical (unpaired) electrons. The first-order valence-corrected chi connectivity index (χ1v) is 9.50. The number of methoxy groups -OCH3 is 1. The number of hydrogen-bond donors (Lipinski definition) is 2. The summed E-state index contributed by atoms with van der Waals surface area (Å²) < 4.78 is 10.8. The van der Waals surface area contributed by atoms with Crippen LogP contribution in [-0.4, -0.2) is 63.9 Å². The Balaban J connectivity index is 2.47. The summed E-state index contributed by atoms with van der Waals surface area (Å²) in [6, 6.07) is 8.12. The lowest BCUT2D eigenvalue weighted by Crippen LogP contribution is -2.41. The highest BCUT2D eigenvalue weighted by atomic mass is 16.5. The molecule has 0 amide bonds. The normalized spacial score (nSPS) is 11.9. The highest BCUT2D eigenvalue weighted by Crippen LogP contribution is 2.15. The fourth-order valence-corrected chi connectivity index (χ4v) is 2.46. The molecule has 0 unspecified atom stereocenters. The van der Waals surface area contributed by atoms with Crippen molar-refractivity contribution in [2.45, 2.75) is 39.8 Å². The molecular weight excluding hydrogens is 328 g/mol. The Morgan fingerprint density at radius 1 is 1.23 bits per heavy atom. The van der Waals surface area contributed by atoms with E-state index in [0.717, 1.165) is 56.5 Å². The van der Waals surface area contributed by atoms with Crippen molar-refractivity contribution in [2.24, 2.45) is 4.99 Å². The molecule has 2 N–H and O–H groups in total. The van der Waals surface area contributed by atoms with Crippen molar-refractivity contribution in [3.63, 3.8) is 0 Å². The third-order valence-corrected chi connectivity index (χ3v) is 3.71. The van der Waals surface area contributed by atoms with Gasteiger partial charge in [-0.25, -0.2) is 4.99 Å². The topological polar surface area (TPSA) is 58.1 Å². The molecule has 6 nitrogen and oxygen atoms in total. The molecule has 0 fully saturated rings. The van der Waals surface area contributed by atoms with Gasteiger partial charge in [-0.2, -0.15) is 0 Å². The van der Waals surface area contributed by atoms with Gasteiger partial charge in [0, 0.05) is 39.9 Å². The summed E-state index contributed by atoms with van der Waals surface area (Å²) in [6.45, 7) is 11.3. The third kappa shape index (κ3) is 10.3. The molecule has 0 bridgehead atoms. The number of nitrogens with zero attached hydrogens (tertiary/aromatic N) is 2. The van der Waals surface area contributed by atoms with E-state index in [0.29, 0.717) is 6.54 Å². The zero-order chi connectivity index (χ0) is 19.2. The van der Waals surface area contributed by atoms with Crippen LogP contribution in [0.25, 0.3) is 0 Å². The van der Waals surface area contributed by atoms with E-state index in [4.69, 9.17) is 9.47 Å². The number of aliphatic imine (C=N–C) groups is 1. The maximum absolute atomic E-state index is 5.75. The number of guanidine groups is 1. The molecule has 0 saturated heterocycles. The zero-order valence-corrected chi connectivity index (χ0v) is 17.0. The molecule has 0 aliphatic carbocycles. The average molecular weight is 365 g/mol. The van der Waals surface area contributed by atoms with E-state index in [9.17, 15) is 0 Å². The van der Waals surface area contributed by atoms with Crippen LogP contribution in [-0.2, 0) is 11.3 Å². The lowest BCUT2D eigenvalue weighted by Gasteiger charge is -2.18. The molecule has 26 heavy (non-hydrogen) atoms. The minimum Gasteiger partial charge on any atom is -0.491 e. The molecule has 0 saturated carbocycles. The van der Waals surface area contributed by atoms with Crippen molar-refractivity contribution in [3.05, 3.63) is 29.8 Å². The monoisotopic (exact) mass is 364 g/mol. The smallest absolute Gasteiger partial charge is 0.191 e. The Morgan fingerprint density at radius 3 is 2.73 bits per heavy atom. The molecule has 0 atom stereocenters. The molecule has 148 valence electrons. The Bertz CT molecular complexity index is 520. The predicted octanol–water partition coefficient (Wildman–Crippen LogP) is 2.50. The lowest BCUT2D eigenvalue weighted by molar-refractivity contribution is 0.180. The molecule has 1 aromatic carbocycles. The summed E-state index contributed by atoms with van der Waals surface area (Å²) in [5.74, 6) is 1.73. The number of rotatable bonds is 12. The van der Waals surface area contributed by atoms with Crippen LogP contribution in [0.5, 0.6) is 5.75 Å². The van der Waals surface area contributed by atoms with Crippen LogP contribution in [0.3, 0.4) is 0 Å². The summed E-state index contributed by atoms with van der Waals surface area (Å²) in [6.07, 6.45) is 1.23. The molecular formula is C20H36N4O2. The summed E-state index contributed by atoms with van der Waals surface area (Å²) in [5.41, 5.74) is 1.14. The van der Waals surface area contributed by atoms with Crippen molar-refractivity contribution in [1.29, 1.82) is 0 Å². The molecule has 1 aromatic rings. The molecule has 0 aliphatic rings. The van der Waals surface area contributed by atoms with Crippen LogP contribution in [0.15, 0.2) is 29.3 Å². The van der Waals surface area contributed by atoms with Gasteiger partial charge in [-0.05, 0) is 51.9 Å². The Morgan fingerprint density at radius 2 is 2.04 bits per heavy atom. The molecule has 0 aliphatic heterocycles. The molecule has 6 heteroatoms. The SMILES string of the molecule is CCNC(=NCc1cccc(OC(C)C)c1)NCCN(C)CCCOC. The fraction of sp³-hybridized carbons (Fsp3) is 0.650. The fourth-order valence-electron chi connectivity index (χ4n) is 2.46. The van der Waals surface area contributed by atoms with Crippen molar-refractivity contribution in [1.82, 2.24) is 15.5 Å². The third-order valence-electron chi connectivity index (χ3n) is 3.71. The van der Waals surface area contributed by atoms with Gasteiger partial charge >= 0.3 is 0 Å². The van der Waals surface area contributed by atoms with Crippen molar-refractivity contribution in [3.8, 4) is 5.75 Å². The number of ether oxygens (including phenoxy) is 2. The van der Waals surface area contributed by atoms with Crippen LogP contribution in [0.2, 0.25) is 0 Å². The van der Waals surface area contributed by atoms with E-state index >= 15 is 0 Å². The molecule has 0 aromatic heterocycles. The van der Waals surface area contributed by atoms with Gasteiger partial charge in [-0.3, -0.25) is 0 Å². The molecule has 0 heterocycles. The highest BCUT2D eigenvalue weighted by Gasteiger charge is 2.02. The van der Waals surface area contributed by atoms with Crippen LogP contribution < -0.4 is 15.4 Å². The second-order valence-electron chi connectivity index (χ2n) is 6.59. The minimum absolute atomic E-state index is 0.175. The van der Waals surface area contributed by atoms with Gasteiger partial charge in [0.1, 0.15) is 5.75 Å². The summed E-state index contributed by atoms with van der Waals surface area (Å²) in [4.78, 5) is 6.97. The van der Waals surface area contributed by atoms with E-state index in [-0.39, 0.29) is 6.10 Å². The Labute approximate surface area is 159 Å². The van der Waals surface area contributed by atoms with E-state index < -0.39 is 0 Å². The zero-order valence-electron chi connectivity index (χ0n) is 17.0. The van der Waals surface area contributed by atoms with E-state index in [2.05, 4.69) is 46.6 Å². The minimum atomic E-state index is 0.175. The summed E-state index contributed by atoms with van der Waals surface area (Å²) >= 11 is 0. The quantitative estimate of drug-likeness (QED) is 0.339. The summed E-state index contributed by atoms with van der Waals surface area (Å²) in [7, 11) is 3.87. The van der Waals surface area contributed by atoms with Crippen LogP contribution in [0.1, 0.15) is 32.8 Å². The van der Waals surface area contributed by atoms with Gasteiger partial charge in [0.15, 0.2) is 5.96 Å². The van der Waals surface area contributed by atoms with Crippen molar-refractivity contribution in [2.75, 3.05) is 46.9 Å². The first kappa shape index (κ1) is 22.3. The van der Waals surface area contributed by atoms with Crippen molar-refractivity contribution >= 4 is 5.96 Å². The first-order chi connectivity index (χ1) is 12.5. The summed E-state index contributed by atoms with van der Waals surface area (Å²) in [5, 5.41) is 6.69.